The normalized spacial score (nSPS) is 12.3. The molecular formula is C24H27ClF3N5O2. The second kappa shape index (κ2) is 10.2. The van der Waals surface area contributed by atoms with Crippen LogP contribution in [0.4, 0.5) is 13.2 Å². The highest BCUT2D eigenvalue weighted by molar-refractivity contribution is 6.30. The van der Waals surface area contributed by atoms with Gasteiger partial charge in [-0.25, -0.2) is 9.48 Å². The molecule has 1 aromatic heterocycles. The number of carbonyl (C=O) groups is 1. The lowest BCUT2D eigenvalue weighted by Crippen LogP contribution is -2.44. The van der Waals surface area contributed by atoms with Gasteiger partial charge >= 0.3 is 11.9 Å². The van der Waals surface area contributed by atoms with Gasteiger partial charge in [-0.2, -0.15) is 13.2 Å². The Morgan fingerprint density at radius 3 is 2.31 bits per heavy atom. The van der Waals surface area contributed by atoms with Gasteiger partial charge in [-0.15, -0.1) is 5.10 Å². The number of hydrogen-bond donors (Lipinski definition) is 1. The number of carbonyl (C=O) groups excluding carboxylic acids is 1. The number of amides is 1. The van der Waals surface area contributed by atoms with E-state index in [0.29, 0.717) is 29.5 Å². The van der Waals surface area contributed by atoms with Gasteiger partial charge < -0.3 is 10.2 Å². The van der Waals surface area contributed by atoms with Crippen molar-refractivity contribution >= 4 is 17.5 Å². The lowest BCUT2D eigenvalue weighted by molar-refractivity contribution is -0.137. The van der Waals surface area contributed by atoms with E-state index in [9.17, 15) is 22.8 Å². The van der Waals surface area contributed by atoms with Gasteiger partial charge in [-0.3, -0.25) is 9.36 Å². The number of halogens is 4. The molecule has 3 aromatic rings. The van der Waals surface area contributed by atoms with Crippen LogP contribution in [-0.4, -0.2) is 45.8 Å². The van der Waals surface area contributed by atoms with Crippen molar-refractivity contribution in [3.05, 3.63) is 75.2 Å². The van der Waals surface area contributed by atoms with Crippen molar-refractivity contribution in [2.75, 3.05) is 20.6 Å². The Morgan fingerprint density at radius 1 is 1.09 bits per heavy atom. The summed E-state index contributed by atoms with van der Waals surface area (Å²) in [7, 11) is 3.75. The maximum Gasteiger partial charge on any atom is 0.416 e. The Balaban J connectivity index is 1.86. The Bertz CT molecular complexity index is 1250. The number of nitrogens with zero attached hydrogens (tertiary/aromatic N) is 4. The van der Waals surface area contributed by atoms with Crippen LogP contribution in [0.25, 0.3) is 11.4 Å². The summed E-state index contributed by atoms with van der Waals surface area (Å²) < 4.78 is 41.9. The van der Waals surface area contributed by atoms with E-state index in [1.165, 1.54) is 16.7 Å². The van der Waals surface area contributed by atoms with E-state index in [1.807, 2.05) is 19.0 Å². The molecular weight excluding hydrogens is 483 g/mol. The maximum atomic E-state index is 13.1. The molecule has 3 rings (SSSR count). The highest BCUT2D eigenvalue weighted by atomic mass is 35.5. The largest absolute Gasteiger partial charge is 0.416 e. The van der Waals surface area contributed by atoms with Crippen LogP contribution in [0, 0.1) is 0 Å². The van der Waals surface area contributed by atoms with Gasteiger partial charge in [0.15, 0.2) is 5.82 Å². The lowest BCUT2D eigenvalue weighted by Gasteiger charge is -2.27. The summed E-state index contributed by atoms with van der Waals surface area (Å²) in [5.74, 6) is -0.173. The molecule has 35 heavy (non-hydrogen) atoms. The van der Waals surface area contributed by atoms with Gasteiger partial charge in [-0.05, 0) is 69.9 Å². The van der Waals surface area contributed by atoms with Crippen LogP contribution in [0.2, 0.25) is 5.02 Å². The standard InChI is InChI=1S/C24H27ClF3N5O2/c1-23(2,17-6-5-7-18(14-17)24(26,27)28)29-20(34)15-33-22(35)32(13-12-31(3)4)21(30-33)16-8-10-19(25)11-9-16/h5-11,14H,12-13,15H2,1-4H3,(H,29,34). The van der Waals surface area contributed by atoms with Crippen molar-refractivity contribution in [1.82, 2.24) is 24.6 Å². The molecule has 188 valence electrons. The van der Waals surface area contributed by atoms with E-state index >= 15 is 0 Å². The molecule has 0 bridgehead atoms. The quantitative estimate of drug-likeness (QED) is 0.498. The van der Waals surface area contributed by atoms with Crippen LogP contribution in [0.1, 0.15) is 25.0 Å². The highest BCUT2D eigenvalue weighted by Gasteiger charge is 2.32. The van der Waals surface area contributed by atoms with Crippen LogP contribution in [0.5, 0.6) is 0 Å². The van der Waals surface area contributed by atoms with Gasteiger partial charge in [-0.1, -0.05) is 23.7 Å². The monoisotopic (exact) mass is 509 g/mol. The van der Waals surface area contributed by atoms with Crippen molar-refractivity contribution in [2.45, 2.75) is 38.7 Å². The molecule has 11 heteroatoms. The summed E-state index contributed by atoms with van der Waals surface area (Å²) >= 11 is 5.98. The Kier molecular flexibility index (Phi) is 7.76. The first-order chi connectivity index (χ1) is 16.3. The number of rotatable bonds is 8. The SMILES string of the molecule is CN(C)CCn1c(-c2ccc(Cl)cc2)nn(CC(=O)NC(C)(C)c2cccc(C(F)(F)F)c2)c1=O. The Hall–Kier alpha value is -3.11. The van der Waals surface area contributed by atoms with Crippen molar-refractivity contribution in [3.63, 3.8) is 0 Å². The van der Waals surface area contributed by atoms with Gasteiger partial charge in [0.1, 0.15) is 6.54 Å². The molecule has 0 saturated heterocycles. The second-order valence-electron chi connectivity index (χ2n) is 8.98. The number of likely N-dealkylation sites (N-methyl/N-ethyl adjacent to an activating group) is 1. The molecule has 0 aliphatic carbocycles. The predicted molar refractivity (Wildman–Crippen MR) is 128 cm³/mol. The summed E-state index contributed by atoms with van der Waals surface area (Å²) in [6.07, 6.45) is -4.50. The number of nitrogens with one attached hydrogen (secondary N) is 1. The molecule has 2 aromatic carbocycles. The first-order valence-electron chi connectivity index (χ1n) is 10.8. The Labute approximate surface area is 206 Å². The topological polar surface area (TPSA) is 72.2 Å². The van der Waals surface area contributed by atoms with E-state index in [1.54, 1.807) is 38.1 Å². The first kappa shape index (κ1) is 26.5. The molecule has 7 nitrogen and oxygen atoms in total. The maximum absolute atomic E-state index is 13.1. The van der Waals surface area contributed by atoms with E-state index in [0.717, 1.165) is 16.8 Å². The fraction of sp³-hybridized carbons (Fsp3) is 0.375. The van der Waals surface area contributed by atoms with Gasteiger partial charge in [0, 0.05) is 23.7 Å². The summed E-state index contributed by atoms with van der Waals surface area (Å²) in [5, 5.41) is 7.62. The number of hydrogen-bond acceptors (Lipinski definition) is 4. The van der Waals surface area contributed by atoms with E-state index in [2.05, 4.69) is 10.4 Å². The zero-order valence-corrected chi connectivity index (χ0v) is 20.6. The minimum atomic E-state index is -4.50. The third-order valence-corrected chi connectivity index (χ3v) is 5.70. The van der Waals surface area contributed by atoms with Gasteiger partial charge in [0.2, 0.25) is 5.91 Å². The van der Waals surface area contributed by atoms with E-state index < -0.39 is 35.4 Å². The average molecular weight is 510 g/mol. The molecule has 0 saturated carbocycles. The first-order valence-corrected chi connectivity index (χ1v) is 11.2. The molecule has 0 aliphatic heterocycles. The highest BCUT2D eigenvalue weighted by Crippen LogP contribution is 2.32. The molecule has 0 fully saturated rings. The van der Waals surface area contributed by atoms with Gasteiger partial charge in [0.25, 0.3) is 0 Å². The molecule has 0 radical (unpaired) electrons. The zero-order chi connectivity index (χ0) is 26.0. The predicted octanol–water partition coefficient (Wildman–Crippen LogP) is 4.00. The summed E-state index contributed by atoms with van der Waals surface area (Å²) in [4.78, 5) is 27.8. The molecule has 0 aliphatic rings. The number of aromatic nitrogens is 3. The summed E-state index contributed by atoms with van der Waals surface area (Å²) in [6.45, 7) is 3.72. The summed E-state index contributed by atoms with van der Waals surface area (Å²) in [5.41, 5.74) is -1.45. The van der Waals surface area contributed by atoms with Crippen LogP contribution in [-0.2, 0) is 29.6 Å². The average Bonchev–Trinajstić information content (AvgIpc) is 3.07. The number of alkyl halides is 3. The van der Waals surface area contributed by atoms with Crippen molar-refractivity contribution < 1.29 is 18.0 Å². The fourth-order valence-corrected chi connectivity index (χ4v) is 3.66. The van der Waals surface area contributed by atoms with Crippen molar-refractivity contribution in [1.29, 1.82) is 0 Å². The van der Waals surface area contributed by atoms with Gasteiger partial charge in [0.05, 0.1) is 11.1 Å². The van der Waals surface area contributed by atoms with Crippen molar-refractivity contribution in [3.8, 4) is 11.4 Å². The molecule has 1 heterocycles. The third-order valence-electron chi connectivity index (χ3n) is 5.45. The van der Waals surface area contributed by atoms with Crippen molar-refractivity contribution in [2.24, 2.45) is 0 Å². The molecule has 0 unspecified atom stereocenters. The third kappa shape index (κ3) is 6.52. The lowest BCUT2D eigenvalue weighted by atomic mass is 9.92. The van der Waals surface area contributed by atoms with E-state index in [4.69, 9.17) is 11.6 Å². The fourth-order valence-electron chi connectivity index (χ4n) is 3.54. The van der Waals surface area contributed by atoms with Crippen LogP contribution in [0.15, 0.2) is 53.3 Å². The van der Waals surface area contributed by atoms with Crippen LogP contribution in [0.3, 0.4) is 0 Å². The second-order valence-corrected chi connectivity index (χ2v) is 9.41. The Morgan fingerprint density at radius 2 is 1.71 bits per heavy atom. The summed E-state index contributed by atoms with van der Waals surface area (Å²) in [6, 6.07) is 11.6. The minimum absolute atomic E-state index is 0.284. The smallest absolute Gasteiger partial charge is 0.346 e. The molecule has 1 N–H and O–H groups in total. The number of benzene rings is 2. The van der Waals surface area contributed by atoms with Crippen LogP contribution < -0.4 is 11.0 Å². The molecule has 0 spiro atoms. The zero-order valence-electron chi connectivity index (χ0n) is 19.9. The minimum Gasteiger partial charge on any atom is -0.346 e. The van der Waals surface area contributed by atoms with E-state index in [-0.39, 0.29) is 5.56 Å². The molecule has 1 amide bonds. The molecule has 0 atom stereocenters. The van der Waals surface area contributed by atoms with Crippen LogP contribution >= 0.6 is 11.6 Å².